The Morgan fingerprint density at radius 1 is 1.00 bits per heavy atom. The van der Waals surface area contributed by atoms with Gasteiger partial charge >= 0.3 is 16.0 Å². The van der Waals surface area contributed by atoms with Gasteiger partial charge in [0.05, 0.1) is 11.2 Å². The summed E-state index contributed by atoms with van der Waals surface area (Å²) in [6.45, 7) is 5.71. The number of fused-ring (bicyclic) bond motifs is 1. The predicted octanol–water partition coefficient (Wildman–Crippen LogP) is 0.751. The van der Waals surface area contributed by atoms with Gasteiger partial charge in [-0.05, 0) is 44.5 Å². The molecule has 0 saturated heterocycles. The molecular formula is C18H20N5O2S+. The van der Waals surface area contributed by atoms with Crippen LogP contribution in [0.1, 0.15) is 16.8 Å². The Balaban J connectivity index is 1.91. The summed E-state index contributed by atoms with van der Waals surface area (Å²) < 4.78 is 27.0. The van der Waals surface area contributed by atoms with Crippen molar-refractivity contribution >= 4 is 32.8 Å². The zero-order valence-electron chi connectivity index (χ0n) is 14.7. The maximum atomic E-state index is 12.4. The third-order valence-corrected chi connectivity index (χ3v) is 5.25. The molecule has 134 valence electrons. The normalized spacial score (nSPS) is 12.3. The maximum absolute atomic E-state index is 12.4. The molecule has 0 saturated carbocycles. The number of nitrogens with two attached hydrogens (primary N) is 1. The third-order valence-electron chi connectivity index (χ3n) is 3.87. The summed E-state index contributed by atoms with van der Waals surface area (Å²) in [5.74, 6) is 0.0571. The van der Waals surface area contributed by atoms with Crippen LogP contribution in [0.3, 0.4) is 0 Å². The molecule has 2 aromatic carbocycles. The fraction of sp³-hybridized carbons (Fsp3) is 0.167. The molecule has 8 heteroatoms. The van der Waals surface area contributed by atoms with Crippen molar-refractivity contribution in [2.45, 2.75) is 25.7 Å². The lowest BCUT2D eigenvalue weighted by molar-refractivity contribution is -0.268. The second-order valence-electron chi connectivity index (χ2n) is 6.11. The SMILES string of the molecule is Cc1ccc(S(=O)(=O)[NH+]=C(N)Nc2nc(C)c3ccc(C)cc3n2)cc1. The largest absolute Gasteiger partial charge is 0.363 e. The number of rotatable bonds is 3. The van der Waals surface area contributed by atoms with E-state index in [0.29, 0.717) is 0 Å². The van der Waals surface area contributed by atoms with Gasteiger partial charge in [0.2, 0.25) is 0 Å². The molecule has 3 rings (SSSR count). The fourth-order valence-electron chi connectivity index (χ4n) is 2.52. The van der Waals surface area contributed by atoms with Crippen LogP contribution < -0.4 is 15.4 Å². The third kappa shape index (κ3) is 3.80. The summed E-state index contributed by atoms with van der Waals surface area (Å²) >= 11 is 0. The number of aromatic nitrogens is 2. The Kier molecular flexibility index (Phi) is 4.60. The van der Waals surface area contributed by atoms with Crippen molar-refractivity contribution in [3.63, 3.8) is 0 Å². The Labute approximate surface area is 152 Å². The van der Waals surface area contributed by atoms with Crippen LogP contribution >= 0.6 is 0 Å². The summed E-state index contributed by atoms with van der Waals surface area (Å²) in [4.78, 5) is 8.84. The summed E-state index contributed by atoms with van der Waals surface area (Å²) in [5.41, 5.74) is 9.38. The molecule has 0 amide bonds. The highest BCUT2D eigenvalue weighted by atomic mass is 32.2. The lowest BCUT2D eigenvalue weighted by atomic mass is 10.1. The standard InChI is InChI=1S/C18H19N5O2S/c1-11-4-7-14(8-5-11)26(24,25)23-17(19)22-18-20-13(3)15-9-6-12(2)10-16(15)21-18/h4-10H,1-3H3,(H3,19,20,21,22,23)/p+1. The molecule has 0 unspecified atom stereocenters. The van der Waals surface area contributed by atoms with Gasteiger partial charge < -0.3 is 0 Å². The van der Waals surface area contributed by atoms with Gasteiger partial charge in [-0.25, -0.2) is 10.3 Å². The number of aryl methyl sites for hydroxylation is 3. The Hall–Kier alpha value is -3.00. The predicted molar refractivity (Wildman–Crippen MR) is 101 cm³/mol. The van der Waals surface area contributed by atoms with Gasteiger partial charge in [-0.2, -0.15) is 17.8 Å². The van der Waals surface area contributed by atoms with Crippen LogP contribution in [-0.2, 0) is 10.0 Å². The molecule has 0 radical (unpaired) electrons. The van der Waals surface area contributed by atoms with E-state index >= 15 is 0 Å². The topological polar surface area (TPSA) is 112 Å². The van der Waals surface area contributed by atoms with Crippen LogP contribution in [0, 0.1) is 20.8 Å². The van der Waals surface area contributed by atoms with Crippen molar-refractivity contribution in [2.75, 3.05) is 5.32 Å². The summed E-state index contributed by atoms with van der Waals surface area (Å²) in [7, 11) is -3.79. The highest BCUT2D eigenvalue weighted by molar-refractivity contribution is 7.84. The molecule has 0 fully saturated rings. The monoisotopic (exact) mass is 370 g/mol. The number of nitrogens with zero attached hydrogens (tertiary/aromatic N) is 2. The molecule has 0 spiro atoms. The van der Waals surface area contributed by atoms with Crippen LogP contribution in [0.25, 0.3) is 10.9 Å². The van der Waals surface area contributed by atoms with Crippen molar-refractivity contribution in [1.29, 1.82) is 0 Å². The second kappa shape index (κ2) is 6.72. The summed E-state index contributed by atoms with van der Waals surface area (Å²) in [6, 6.07) is 12.3. The minimum atomic E-state index is -3.79. The molecule has 0 aliphatic heterocycles. The molecule has 0 aliphatic carbocycles. The Morgan fingerprint density at radius 3 is 2.35 bits per heavy atom. The number of hydrogen-bond acceptors (Lipinski definition) is 4. The number of anilines is 1. The van der Waals surface area contributed by atoms with Gasteiger partial charge in [0.15, 0.2) is 0 Å². The number of nitrogens with one attached hydrogen (secondary N) is 2. The van der Waals surface area contributed by atoms with E-state index in [2.05, 4.69) is 19.7 Å². The van der Waals surface area contributed by atoms with Crippen molar-refractivity contribution < 1.29 is 12.8 Å². The lowest BCUT2D eigenvalue weighted by Gasteiger charge is -2.05. The van der Waals surface area contributed by atoms with E-state index in [-0.39, 0.29) is 16.8 Å². The van der Waals surface area contributed by atoms with E-state index in [1.807, 2.05) is 39.0 Å². The van der Waals surface area contributed by atoms with Crippen LogP contribution in [0.2, 0.25) is 0 Å². The molecule has 0 atom stereocenters. The van der Waals surface area contributed by atoms with Crippen molar-refractivity contribution in [3.8, 4) is 0 Å². The first-order chi connectivity index (χ1) is 12.2. The summed E-state index contributed by atoms with van der Waals surface area (Å²) in [5, 5.41) is 3.64. The van der Waals surface area contributed by atoms with Crippen LogP contribution in [0.15, 0.2) is 47.4 Å². The molecule has 4 N–H and O–H groups in total. The first-order valence-electron chi connectivity index (χ1n) is 7.98. The van der Waals surface area contributed by atoms with Crippen molar-refractivity contribution in [3.05, 3.63) is 59.3 Å². The van der Waals surface area contributed by atoms with Gasteiger partial charge in [0.1, 0.15) is 4.90 Å². The lowest BCUT2D eigenvalue weighted by Crippen LogP contribution is -2.80. The number of guanidine groups is 1. The zero-order chi connectivity index (χ0) is 18.9. The molecule has 0 aliphatic rings. The molecule has 0 bridgehead atoms. The van der Waals surface area contributed by atoms with E-state index in [4.69, 9.17) is 5.73 Å². The molecule has 7 nitrogen and oxygen atoms in total. The van der Waals surface area contributed by atoms with E-state index in [1.54, 1.807) is 12.1 Å². The van der Waals surface area contributed by atoms with E-state index < -0.39 is 10.0 Å². The average Bonchev–Trinajstić information content (AvgIpc) is 2.54. The van der Waals surface area contributed by atoms with Gasteiger partial charge in [0, 0.05) is 5.39 Å². The van der Waals surface area contributed by atoms with Crippen molar-refractivity contribution in [1.82, 2.24) is 9.97 Å². The smallest absolute Gasteiger partial charge is 0.290 e. The van der Waals surface area contributed by atoms with Crippen LogP contribution in [-0.4, -0.2) is 24.3 Å². The Bertz CT molecular complexity index is 1110. The second-order valence-corrected chi connectivity index (χ2v) is 7.79. The van der Waals surface area contributed by atoms with E-state index in [1.165, 1.54) is 12.1 Å². The quantitative estimate of drug-likeness (QED) is 0.463. The number of sulfonamides is 1. The molecule has 1 aromatic heterocycles. The Morgan fingerprint density at radius 2 is 1.65 bits per heavy atom. The molecule has 3 aromatic rings. The first-order valence-corrected chi connectivity index (χ1v) is 9.47. The zero-order valence-corrected chi connectivity index (χ0v) is 15.6. The van der Waals surface area contributed by atoms with Crippen molar-refractivity contribution in [2.24, 2.45) is 5.73 Å². The van der Waals surface area contributed by atoms with Gasteiger partial charge in [-0.15, -0.1) is 0 Å². The molecule has 26 heavy (non-hydrogen) atoms. The highest BCUT2D eigenvalue weighted by Crippen LogP contribution is 2.18. The first kappa shape index (κ1) is 17.8. The van der Waals surface area contributed by atoms with Gasteiger partial charge in [-0.3, -0.25) is 5.73 Å². The molecular weight excluding hydrogens is 350 g/mol. The highest BCUT2D eigenvalue weighted by Gasteiger charge is 2.17. The van der Waals surface area contributed by atoms with E-state index in [0.717, 1.165) is 27.7 Å². The van der Waals surface area contributed by atoms with Crippen LogP contribution in [0.4, 0.5) is 5.95 Å². The number of hydrogen-bond donors (Lipinski definition) is 3. The average molecular weight is 370 g/mol. The van der Waals surface area contributed by atoms with E-state index in [9.17, 15) is 8.42 Å². The fourth-order valence-corrected chi connectivity index (χ4v) is 3.47. The summed E-state index contributed by atoms with van der Waals surface area (Å²) in [6.07, 6.45) is 0. The van der Waals surface area contributed by atoms with Gasteiger partial charge in [0.25, 0.3) is 5.95 Å². The number of benzene rings is 2. The van der Waals surface area contributed by atoms with Crippen LogP contribution in [0.5, 0.6) is 0 Å². The maximum Gasteiger partial charge on any atom is 0.363 e. The van der Waals surface area contributed by atoms with Gasteiger partial charge in [-0.1, -0.05) is 29.8 Å². The molecule has 1 heterocycles. The minimum Gasteiger partial charge on any atom is -0.290 e. The minimum absolute atomic E-state index is 0.124.